The number of fused-ring (bicyclic) bond motifs is 1. The topological polar surface area (TPSA) is 191 Å². The number of carboxylic acids is 2. The molecular formula is C25H30F3N5O9S. The molecule has 0 aliphatic carbocycles. The number of thioether (sulfide) groups is 1. The smallest absolute Gasteiger partial charge is 0.477 e. The van der Waals surface area contributed by atoms with Gasteiger partial charge in [-0.15, -0.1) is 11.8 Å². The van der Waals surface area contributed by atoms with Crippen molar-refractivity contribution in [1.82, 2.24) is 19.6 Å². The van der Waals surface area contributed by atoms with Gasteiger partial charge in [0.25, 0.3) is 0 Å². The van der Waals surface area contributed by atoms with Crippen LogP contribution in [0.5, 0.6) is 0 Å². The van der Waals surface area contributed by atoms with Crippen molar-refractivity contribution in [2.45, 2.75) is 42.5 Å². The van der Waals surface area contributed by atoms with E-state index in [-0.39, 0.29) is 37.1 Å². The number of hydrogen-bond acceptors (Lipinski definition) is 9. The molecule has 236 valence electrons. The molecule has 0 spiro atoms. The highest BCUT2D eigenvalue weighted by Crippen LogP contribution is 2.40. The quantitative estimate of drug-likeness (QED) is 0.206. The lowest BCUT2D eigenvalue weighted by atomic mass is 10.0. The molecule has 4 aliphatic heterocycles. The van der Waals surface area contributed by atoms with Crippen LogP contribution in [0.3, 0.4) is 0 Å². The third kappa shape index (κ3) is 6.96. The number of ether oxygens (including phenoxy) is 1. The number of alkyl halides is 3. The van der Waals surface area contributed by atoms with E-state index >= 15 is 0 Å². The van der Waals surface area contributed by atoms with Gasteiger partial charge in [-0.3, -0.25) is 24.2 Å². The molecule has 43 heavy (non-hydrogen) atoms. The van der Waals surface area contributed by atoms with E-state index in [4.69, 9.17) is 20.4 Å². The van der Waals surface area contributed by atoms with Crippen molar-refractivity contribution in [2.24, 2.45) is 5.73 Å². The van der Waals surface area contributed by atoms with Gasteiger partial charge in [-0.2, -0.15) is 13.2 Å². The second-order valence-electron chi connectivity index (χ2n) is 9.99. The van der Waals surface area contributed by atoms with Crippen molar-refractivity contribution in [3.05, 3.63) is 35.6 Å². The summed E-state index contributed by atoms with van der Waals surface area (Å²) in [6, 6.07) is -1.90. The van der Waals surface area contributed by atoms with Crippen molar-refractivity contribution in [1.29, 1.82) is 0 Å². The zero-order chi connectivity index (χ0) is 32.4. The maximum Gasteiger partial charge on any atom is 0.490 e. The average molecular weight is 634 g/mol. The Bertz CT molecular complexity index is 1290. The first-order chi connectivity index (χ1) is 20.0. The van der Waals surface area contributed by atoms with Crippen LogP contribution < -0.4 is 5.73 Å². The molecule has 4 aliphatic rings. The van der Waals surface area contributed by atoms with Gasteiger partial charge in [-0.1, -0.05) is 12.7 Å². The molecule has 4 heterocycles. The summed E-state index contributed by atoms with van der Waals surface area (Å²) in [4.78, 5) is 77.2. The van der Waals surface area contributed by atoms with Gasteiger partial charge in [-0.25, -0.2) is 14.4 Å². The molecule has 0 aromatic rings. The standard InChI is InChI=1S/C23H29N5O7S.C2HF3O2/c1-4-7-35-23(34)27-10-14(9-15(27)19(30)25(2)3)26-6-5-12(18(26)29)8-13-11-36-21-16(24)20(31)28(21)17(13)22(32)33;3-2(4,5)1(6)7/h4,8,14-16,21H,1,5-7,9-11,24H2,2-3H3,(H,32,33);(H,6,7)/b12-8+;/t14-,15+,16+,21+;/m0./s1. The van der Waals surface area contributed by atoms with Crippen LogP contribution in [0.25, 0.3) is 0 Å². The number of nitrogens with zero attached hydrogens (tertiary/aromatic N) is 4. The van der Waals surface area contributed by atoms with Gasteiger partial charge < -0.3 is 30.5 Å². The second-order valence-corrected chi connectivity index (χ2v) is 11.1. The normalized spacial score (nSPS) is 26.0. The molecule has 0 saturated carbocycles. The number of carbonyl (C=O) groups is 6. The number of allylic oxidation sites excluding steroid dienone is 1. The van der Waals surface area contributed by atoms with E-state index < -0.39 is 53.6 Å². The van der Waals surface area contributed by atoms with E-state index in [0.29, 0.717) is 29.9 Å². The van der Waals surface area contributed by atoms with Gasteiger partial charge in [0.15, 0.2) is 0 Å². The van der Waals surface area contributed by atoms with Crippen LogP contribution in [0.4, 0.5) is 18.0 Å². The van der Waals surface area contributed by atoms with Crippen LogP contribution in [0.15, 0.2) is 35.6 Å². The van der Waals surface area contributed by atoms with E-state index in [9.17, 15) is 42.3 Å². The Morgan fingerprint density at radius 3 is 2.37 bits per heavy atom. The Balaban J connectivity index is 0.000000646. The van der Waals surface area contributed by atoms with Gasteiger partial charge in [-0.05, 0) is 24.5 Å². The molecule has 14 nitrogen and oxygen atoms in total. The van der Waals surface area contributed by atoms with Gasteiger partial charge in [0, 0.05) is 38.5 Å². The molecule has 0 bridgehead atoms. The number of rotatable bonds is 6. The Labute approximate surface area is 247 Å². The van der Waals surface area contributed by atoms with E-state index in [2.05, 4.69) is 6.58 Å². The minimum absolute atomic E-state index is 0.00270. The van der Waals surface area contributed by atoms with Crippen LogP contribution in [-0.4, -0.2) is 135 Å². The zero-order valence-electron chi connectivity index (χ0n) is 23.1. The maximum atomic E-state index is 13.3. The number of β-lactam (4-membered cyclic amide) rings is 1. The number of hydrogen-bond donors (Lipinski definition) is 3. The maximum absolute atomic E-state index is 13.3. The van der Waals surface area contributed by atoms with E-state index in [0.717, 1.165) is 0 Å². The lowest BCUT2D eigenvalue weighted by molar-refractivity contribution is -0.192. The fourth-order valence-electron chi connectivity index (χ4n) is 4.96. The summed E-state index contributed by atoms with van der Waals surface area (Å²) in [6.45, 7) is 4.03. The summed E-state index contributed by atoms with van der Waals surface area (Å²) in [5.41, 5.74) is 6.46. The molecule has 0 aromatic heterocycles. The SMILES string of the molecule is C=CCOC(=O)N1C[C@@H](N2CC/C(=C\C3=C(C(=O)O)N4C(=O)[C@@H](N)[C@H]4SC3)C2=O)C[C@@H]1C(=O)N(C)C.O=C(O)C(F)(F)F. The van der Waals surface area contributed by atoms with E-state index in [1.807, 2.05) is 0 Å². The first kappa shape index (κ1) is 33.4. The lowest BCUT2D eigenvalue weighted by Crippen LogP contribution is -2.68. The Kier molecular flexibility index (Phi) is 10.2. The monoisotopic (exact) mass is 633 g/mol. The zero-order valence-corrected chi connectivity index (χ0v) is 23.9. The third-order valence-corrected chi connectivity index (χ3v) is 8.32. The van der Waals surface area contributed by atoms with E-state index in [1.54, 1.807) is 25.1 Å². The van der Waals surface area contributed by atoms with Crippen molar-refractivity contribution in [2.75, 3.05) is 39.5 Å². The van der Waals surface area contributed by atoms with Crippen molar-refractivity contribution in [3.8, 4) is 0 Å². The molecule has 4 atom stereocenters. The summed E-state index contributed by atoms with van der Waals surface area (Å²) in [5.74, 6) is -4.69. The highest BCUT2D eigenvalue weighted by atomic mass is 32.2. The number of aliphatic carboxylic acids is 2. The van der Waals surface area contributed by atoms with Crippen molar-refractivity contribution < 1.29 is 56.9 Å². The Morgan fingerprint density at radius 2 is 1.84 bits per heavy atom. The highest BCUT2D eigenvalue weighted by molar-refractivity contribution is 8.00. The summed E-state index contributed by atoms with van der Waals surface area (Å²) in [7, 11) is 3.20. The minimum atomic E-state index is -5.08. The predicted octanol–water partition coefficient (Wildman–Crippen LogP) is 0.213. The molecule has 0 unspecified atom stereocenters. The number of carbonyl (C=O) groups excluding carboxylic acids is 4. The fourth-order valence-corrected chi connectivity index (χ4v) is 6.22. The first-order valence-electron chi connectivity index (χ1n) is 12.7. The number of carboxylic acid groups (broad SMARTS) is 2. The summed E-state index contributed by atoms with van der Waals surface area (Å²) in [5, 5.41) is 16.5. The predicted molar refractivity (Wildman–Crippen MR) is 143 cm³/mol. The van der Waals surface area contributed by atoms with E-state index in [1.165, 1.54) is 32.5 Å². The van der Waals surface area contributed by atoms with Gasteiger partial charge in [0.2, 0.25) is 17.7 Å². The van der Waals surface area contributed by atoms with Crippen molar-refractivity contribution >= 4 is 47.5 Å². The Morgan fingerprint density at radius 1 is 1.21 bits per heavy atom. The molecule has 3 saturated heterocycles. The molecular weight excluding hydrogens is 603 g/mol. The molecule has 4 N–H and O–H groups in total. The summed E-state index contributed by atoms with van der Waals surface area (Å²) >= 11 is 1.36. The molecule has 4 amide bonds. The fraction of sp³-hybridized carbons (Fsp3) is 0.520. The molecule has 4 rings (SSSR count). The molecule has 18 heteroatoms. The Hall–Kier alpha value is -4.06. The van der Waals surface area contributed by atoms with Crippen LogP contribution in [0.1, 0.15) is 12.8 Å². The van der Waals surface area contributed by atoms with Gasteiger partial charge in [0.05, 0.1) is 6.04 Å². The van der Waals surface area contributed by atoms with Crippen molar-refractivity contribution in [3.63, 3.8) is 0 Å². The third-order valence-electron chi connectivity index (χ3n) is 6.99. The van der Waals surface area contributed by atoms with Crippen LogP contribution in [-0.2, 0) is 28.7 Å². The number of likely N-dealkylation sites (tertiary alicyclic amines) is 2. The molecule has 0 aromatic carbocycles. The summed E-state index contributed by atoms with van der Waals surface area (Å²) in [6.07, 6.45) is -2.11. The minimum Gasteiger partial charge on any atom is -0.477 e. The van der Waals surface area contributed by atoms with Crippen LogP contribution in [0, 0.1) is 0 Å². The lowest BCUT2D eigenvalue weighted by Gasteiger charge is -2.47. The van der Waals surface area contributed by atoms with Crippen LogP contribution in [0.2, 0.25) is 0 Å². The number of halogens is 3. The van der Waals surface area contributed by atoms with Gasteiger partial charge >= 0.3 is 24.2 Å². The molecule has 0 radical (unpaired) electrons. The number of likely N-dealkylation sites (N-methyl/N-ethyl adjacent to an activating group) is 1. The number of nitrogens with two attached hydrogens (primary N) is 1. The number of amides is 4. The highest BCUT2D eigenvalue weighted by Gasteiger charge is 2.52. The largest absolute Gasteiger partial charge is 0.490 e. The summed E-state index contributed by atoms with van der Waals surface area (Å²) < 4.78 is 36.9. The average Bonchev–Trinajstić information content (AvgIpc) is 3.53. The first-order valence-corrected chi connectivity index (χ1v) is 13.8. The molecule has 3 fully saturated rings. The second kappa shape index (κ2) is 13.1. The van der Waals surface area contributed by atoms with Gasteiger partial charge in [0.1, 0.15) is 29.8 Å². The van der Waals surface area contributed by atoms with Crippen LogP contribution >= 0.6 is 11.8 Å².